The second-order valence-corrected chi connectivity index (χ2v) is 8.76. The third-order valence-electron chi connectivity index (χ3n) is 4.86. The molecule has 1 saturated heterocycles. The maximum absolute atomic E-state index is 12.3. The van der Waals surface area contributed by atoms with E-state index in [0.717, 1.165) is 23.2 Å². The van der Waals surface area contributed by atoms with Gasteiger partial charge in [-0.05, 0) is 30.5 Å². The van der Waals surface area contributed by atoms with Gasteiger partial charge in [0.25, 0.3) is 0 Å². The minimum atomic E-state index is -1.02. The van der Waals surface area contributed by atoms with E-state index in [0.29, 0.717) is 29.6 Å². The van der Waals surface area contributed by atoms with Gasteiger partial charge in [-0.15, -0.1) is 11.3 Å². The number of hydrogen-bond acceptors (Lipinski definition) is 7. The van der Waals surface area contributed by atoms with E-state index >= 15 is 0 Å². The number of anilines is 1. The summed E-state index contributed by atoms with van der Waals surface area (Å²) >= 11 is 2.78. The fourth-order valence-corrected chi connectivity index (χ4v) is 5.05. The molecule has 9 heteroatoms. The summed E-state index contributed by atoms with van der Waals surface area (Å²) in [6, 6.07) is 5.91. The van der Waals surface area contributed by atoms with Crippen LogP contribution < -0.4 is 5.32 Å². The maximum atomic E-state index is 12.3. The number of aliphatic hydroxyl groups excluding tert-OH is 1. The molecule has 0 unspecified atom stereocenters. The lowest BCUT2D eigenvalue weighted by Gasteiger charge is -2.25. The smallest absolute Gasteiger partial charge is 0.355 e. The van der Waals surface area contributed by atoms with Crippen LogP contribution in [-0.4, -0.2) is 56.9 Å². The van der Waals surface area contributed by atoms with Crippen LogP contribution in [0.1, 0.15) is 34.5 Å². The zero-order valence-electron chi connectivity index (χ0n) is 15.6. The molecule has 3 rings (SSSR count). The minimum Gasteiger partial charge on any atom is -0.476 e. The number of hydrogen-bond donors (Lipinski definition) is 3. The molecule has 1 atom stereocenters. The third kappa shape index (κ3) is 4.84. The predicted molar refractivity (Wildman–Crippen MR) is 110 cm³/mol. The Bertz CT molecular complexity index is 855. The quantitative estimate of drug-likeness (QED) is 0.535. The van der Waals surface area contributed by atoms with Gasteiger partial charge in [-0.3, -0.25) is 4.79 Å². The molecule has 1 amide bonds. The number of rotatable bonds is 9. The SMILES string of the molecule is Cc1c(CO)cccc1NC[C@H]1CCC(=O)N1CCSc1nc(C(=O)O)cs1. The first-order valence-corrected chi connectivity index (χ1v) is 10.9. The van der Waals surface area contributed by atoms with Gasteiger partial charge in [0.2, 0.25) is 5.91 Å². The number of carbonyl (C=O) groups excluding carboxylic acids is 1. The standard InChI is InChI=1S/C19H23N3O4S2/c1-12-13(10-23)3-2-4-15(12)20-9-14-5-6-17(24)22(14)7-8-27-19-21-16(11-28-19)18(25)26/h2-4,11,14,20,23H,5-10H2,1H3,(H,25,26)/t14-/m1/s1. The highest BCUT2D eigenvalue weighted by Crippen LogP contribution is 2.26. The number of amides is 1. The molecule has 1 fully saturated rings. The summed E-state index contributed by atoms with van der Waals surface area (Å²) < 4.78 is 0.704. The Hall–Kier alpha value is -2.10. The zero-order chi connectivity index (χ0) is 20.1. The van der Waals surface area contributed by atoms with Gasteiger partial charge in [-0.25, -0.2) is 9.78 Å². The second-order valence-electron chi connectivity index (χ2n) is 6.56. The van der Waals surface area contributed by atoms with Crippen LogP contribution in [0.2, 0.25) is 0 Å². The maximum Gasteiger partial charge on any atom is 0.355 e. The first-order valence-electron chi connectivity index (χ1n) is 9.04. The first-order chi connectivity index (χ1) is 13.5. The summed E-state index contributed by atoms with van der Waals surface area (Å²) in [4.78, 5) is 29.1. The normalized spacial score (nSPS) is 16.6. The molecule has 1 aromatic carbocycles. The van der Waals surface area contributed by atoms with Crippen molar-refractivity contribution in [2.45, 2.75) is 36.8 Å². The van der Waals surface area contributed by atoms with E-state index < -0.39 is 5.97 Å². The molecule has 0 spiro atoms. The summed E-state index contributed by atoms with van der Waals surface area (Å²) in [5.74, 6) is -0.198. The monoisotopic (exact) mass is 421 g/mol. The zero-order valence-corrected chi connectivity index (χ0v) is 17.2. The van der Waals surface area contributed by atoms with Crippen LogP contribution in [0.4, 0.5) is 5.69 Å². The number of nitrogens with one attached hydrogen (secondary N) is 1. The molecule has 0 radical (unpaired) electrons. The number of benzene rings is 1. The van der Waals surface area contributed by atoms with Crippen molar-refractivity contribution in [1.82, 2.24) is 9.88 Å². The second kappa shape index (κ2) is 9.40. The fourth-order valence-electron chi connectivity index (χ4n) is 3.24. The van der Waals surface area contributed by atoms with E-state index in [1.807, 2.05) is 30.0 Å². The van der Waals surface area contributed by atoms with Gasteiger partial charge in [0, 0.05) is 42.4 Å². The van der Waals surface area contributed by atoms with E-state index in [4.69, 9.17) is 5.11 Å². The van der Waals surface area contributed by atoms with E-state index in [9.17, 15) is 14.7 Å². The molecular weight excluding hydrogens is 398 g/mol. The molecule has 0 bridgehead atoms. The number of aliphatic hydroxyl groups is 1. The number of aromatic nitrogens is 1. The highest BCUT2D eigenvalue weighted by Gasteiger charge is 2.30. The van der Waals surface area contributed by atoms with Crippen LogP contribution in [-0.2, 0) is 11.4 Å². The topological polar surface area (TPSA) is 103 Å². The molecule has 1 aliphatic heterocycles. The van der Waals surface area contributed by atoms with Crippen molar-refractivity contribution in [2.24, 2.45) is 0 Å². The van der Waals surface area contributed by atoms with Crippen molar-refractivity contribution >= 4 is 40.7 Å². The summed E-state index contributed by atoms with van der Waals surface area (Å²) in [5, 5.41) is 23.3. The molecular formula is C19H23N3O4S2. The van der Waals surface area contributed by atoms with Crippen LogP contribution in [0.25, 0.3) is 0 Å². The van der Waals surface area contributed by atoms with Gasteiger partial charge >= 0.3 is 5.97 Å². The Morgan fingerprint density at radius 3 is 3.00 bits per heavy atom. The lowest BCUT2D eigenvalue weighted by atomic mass is 10.1. The molecule has 1 aromatic heterocycles. The number of likely N-dealkylation sites (tertiary alicyclic amines) is 1. The number of thioether (sulfide) groups is 1. The van der Waals surface area contributed by atoms with Crippen LogP contribution >= 0.6 is 23.1 Å². The highest BCUT2D eigenvalue weighted by molar-refractivity contribution is 8.01. The number of carbonyl (C=O) groups is 2. The summed E-state index contributed by atoms with van der Waals surface area (Å²) in [6.07, 6.45) is 1.36. The lowest BCUT2D eigenvalue weighted by Crippen LogP contribution is -2.39. The van der Waals surface area contributed by atoms with Gasteiger partial charge in [0.15, 0.2) is 10.0 Å². The molecule has 2 heterocycles. The summed E-state index contributed by atoms with van der Waals surface area (Å²) in [7, 11) is 0. The molecule has 150 valence electrons. The van der Waals surface area contributed by atoms with Crippen molar-refractivity contribution in [1.29, 1.82) is 0 Å². The van der Waals surface area contributed by atoms with Crippen LogP contribution in [0, 0.1) is 6.92 Å². The van der Waals surface area contributed by atoms with Gasteiger partial charge in [0.1, 0.15) is 0 Å². The lowest BCUT2D eigenvalue weighted by molar-refractivity contribution is -0.128. The molecule has 0 aliphatic carbocycles. The number of aromatic carboxylic acids is 1. The number of carboxylic acid groups (broad SMARTS) is 1. The molecule has 0 saturated carbocycles. The van der Waals surface area contributed by atoms with E-state index in [2.05, 4.69) is 10.3 Å². The largest absolute Gasteiger partial charge is 0.476 e. The third-order valence-corrected chi connectivity index (χ3v) is 6.86. The van der Waals surface area contributed by atoms with Crippen molar-refractivity contribution in [2.75, 3.05) is 24.2 Å². The molecule has 3 N–H and O–H groups in total. The average Bonchev–Trinajstić information content (AvgIpc) is 3.29. The van der Waals surface area contributed by atoms with E-state index in [1.165, 1.54) is 28.5 Å². The Morgan fingerprint density at radius 2 is 2.29 bits per heavy atom. The van der Waals surface area contributed by atoms with Crippen molar-refractivity contribution in [3.63, 3.8) is 0 Å². The summed E-state index contributed by atoms with van der Waals surface area (Å²) in [5.41, 5.74) is 2.95. The number of nitrogens with zero attached hydrogens (tertiary/aromatic N) is 2. The van der Waals surface area contributed by atoms with Crippen LogP contribution in [0.15, 0.2) is 27.9 Å². The number of carboxylic acids is 1. The van der Waals surface area contributed by atoms with E-state index in [-0.39, 0.29) is 24.2 Å². The molecule has 7 nitrogen and oxygen atoms in total. The predicted octanol–water partition coefficient (Wildman–Crippen LogP) is 2.84. The number of thiazole rings is 1. The van der Waals surface area contributed by atoms with Crippen LogP contribution in [0.3, 0.4) is 0 Å². The van der Waals surface area contributed by atoms with Crippen molar-refractivity contribution in [3.8, 4) is 0 Å². The summed E-state index contributed by atoms with van der Waals surface area (Å²) in [6.45, 7) is 3.24. The fraction of sp³-hybridized carbons (Fsp3) is 0.421. The Labute approximate surface area is 171 Å². The van der Waals surface area contributed by atoms with Crippen molar-refractivity contribution < 1.29 is 19.8 Å². The first kappa shape index (κ1) is 20.6. The van der Waals surface area contributed by atoms with Crippen LogP contribution in [0.5, 0.6) is 0 Å². The minimum absolute atomic E-state index is 0.00691. The Balaban J connectivity index is 1.53. The molecule has 2 aromatic rings. The molecule has 28 heavy (non-hydrogen) atoms. The highest BCUT2D eigenvalue weighted by atomic mass is 32.2. The Kier molecular flexibility index (Phi) is 6.93. The van der Waals surface area contributed by atoms with Gasteiger partial charge in [-0.2, -0.15) is 0 Å². The molecule has 1 aliphatic rings. The van der Waals surface area contributed by atoms with Crippen molar-refractivity contribution in [3.05, 3.63) is 40.4 Å². The average molecular weight is 422 g/mol. The Morgan fingerprint density at radius 1 is 1.46 bits per heavy atom. The van der Waals surface area contributed by atoms with Gasteiger partial charge < -0.3 is 20.4 Å². The van der Waals surface area contributed by atoms with Gasteiger partial charge in [0.05, 0.1) is 6.61 Å². The van der Waals surface area contributed by atoms with Gasteiger partial charge in [-0.1, -0.05) is 23.9 Å². The van der Waals surface area contributed by atoms with E-state index in [1.54, 1.807) is 0 Å².